The number of morpholine rings is 1. The second-order valence-corrected chi connectivity index (χ2v) is 7.68. The molecule has 0 radical (unpaired) electrons. The van der Waals surface area contributed by atoms with Crippen LogP contribution in [0.25, 0.3) is 0 Å². The average molecular weight is 394 g/mol. The first kappa shape index (κ1) is 19.0. The van der Waals surface area contributed by atoms with E-state index in [1.165, 1.54) is 22.7 Å². The van der Waals surface area contributed by atoms with Crippen molar-refractivity contribution in [2.45, 2.75) is 11.8 Å². The summed E-state index contributed by atoms with van der Waals surface area (Å²) < 4.78 is 37.0. The van der Waals surface area contributed by atoms with Crippen molar-refractivity contribution in [3.05, 3.63) is 52.5 Å². The number of hydrogen-bond donors (Lipinski definition) is 1. The number of sulfonamides is 1. The highest BCUT2D eigenvalue weighted by atomic mass is 32.2. The van der Waals surface area contributed by atoms with Crippen LogP contribution in [0.4, 0.5) is 11.4 Å². The molecular formula is C16H18N4O6S. The van der Waals surface area contributed by atoms with Gasteiger partial charge in [0.05, 0.1) is 29.3 Å². The summed E-state index contributed by atoms with van der Waals surface area (Å²) in [5.41, 5.74) is 2.77. The predicted octanol–water partition coefficient (Wildman–Crippen LogP) is 2.04. The first-order chi connectivity index (χ1) is 12.9. The largest absolute Gasteiger partial charge is 0.463 e. The molecule has 0 bridgehead atoms. The highest BCUT2D eigenvalue weighted by Gasteiger charge is 2.28. The van der Waals surface area contributed by atoms with Crippen LogP contribution in [0.15, 0.2) is 51.0 Å². The van der Waals surface area contributed by atoms with Gasteiger partial charge in [-0.25, -0.2) is 8.42 Å². The number of hydrogen-bond acceptors (Lipinski definition) is 8. The Kier molecular flexibility index (Phi) is 5.54. The highest BCUT2D eigenvalue weighted by Crippen LogP contribution is 2.29. The van der Waals surface area contributed by atoms with Crippen LogP contribution >= 0.6 is 0 Å². The minimum Gasteiger partial charge on any atom is -0.463 e. The van der Waals surface area contributed by atoms with Gasteiger partial charge < -0.3 is 9.15 Å². The van der Waals surface area contributed by atoms with Crippen LogP contribution < -0.4 is 5.43 Å². The third-order valence-electron chi connectivity index (χ3n) is 4.00. The maximum Gasteiger partial charge on any atom is 0.295 e. The smallest absolute Gasteiger partial charge is 0.295 e. The van der Waals surface area contributed by atoms with Gasteiger partial charge in [-0.1, -0.05) is 0 Å². The number of hydrazone groups is 1. The van der Waals surface area contributed by atoms with E-state index in [0.29, 0.717) is 24.7 Å². The number of nitro groups is 1. The Labute approximate surface area is 155 Å². The van der Waals surface area contributed by atoms with E-state index in [9.17, 15) is 18.5 Å². The second kappa shape index (κ2) is 7.86. The Balaban J connectivity index is 1.89. The van der Waals surface area contributed by atoms with E-state index in [-0.39, 0.29) is 29.4 Å². The molecule has 1 aromatic carbocycles. The standard InChI is InChI=1S/C16H18N4O6S/c1-12(16-3-2-8-26-16)17-18-14-5-4-13(11-15(14)20(21)22)27(23,24)19-6-9-25-10-7-19/h2-5,8,11,18H,6-7,9-10H2,1H3. The van der Waals surface area contributed by atoms with Crippen molar-refractivity contribution in [2.75, 3.05) is 31.7 Å². The van der Waals surface area contributed by atoms with Gasteiger partial charge in [0, 0.05) is 19.2 Å². The number of rotatable bonds is 6. The lowest BCUT2D eigenvalue weighted by molar-refractivity contribution is -0.384. The van der Waals surface area contributed by atoms with Crippen LogP contribution in [-0.2, 0) is 14.8 Å². The molecule has 0 aliphatic carbocycles. The summed E-state index contributed by atoms with van der Waals surface area (Å²) in [7, 11) is -3.83. The summed E-state index contributed by atoms with van der Waals surface area (Å²) in [5.74, 6) is 0.511. The van der Waals surface area contributed by atoms with Gasteiger partial charge in [-0.05, 0) is 31.2 Å². The van der Waals surface area contributed by atoms with E-state index in [1.807, 2.05) is 0 Å². The lowest BCUT2D eigenvalue weighted by Gasteiger charge is -2.26. The molecule has 1 N–H and O–H groups in total. The van der Waals surface area contributed by atoms with Gasteiger partial charge in [0.1, 0.15) is 17.2 Å². The Hall–Kier alpha value is -2.76. The molecule has 144 valence electrons. The molecule has 0 atom stereocenters. The van der Waals surface area contributed by atoms with Crippen LogP contribution in [0.1, 0.15) is 12.7 Å². The van der Waals surface area contributed by atoms with Crippen LogP contribution in [-0.4, -0.2) is 49.7 Å². The topological polar surface area (TPSA) is 127 Å². The van der Waals surface area contributed by atoms with Gasteiger partial charge in [-0.2, -0.15) is 9.41 Å². The maximum atomic E-state index is 12.7. The summed E-state index contributed by atoms with van der Waals surface area (Å²) in [5, 5.41) is 15.5. The predicted molar refractivity (Wildman–Crippen MR) is 97.2 cm³/mol. The van der Waals surface area contributed by atoms with E-state index in [2.05, 4.69) is 10.5 Å². The number of nitrogens with one attached hydrogen (secondary N) is 1. The normalized spacial score (nSPS) is 16.3. The summed E-state index contributed by atoms with van der Waals surface area (Å²) in [4.78, 5) is 10.6. The van der Waals surface area contributed by atoms with Crippen LogP contribution in [0.5, 0.6) is 0 Å². The zero-order valence-corrected chi connectivity index (χ0v) is 15.3. The van der Waals surface area contributed by atoms with Crippen molar-refractivity contribution in [3.63, 3.8) is 0 Å². The maximum absolute atomic E-state index is 12.7. The number of furan rings is 1. The molecule has 0 saturated carbocycles. The molecule has 10 nitrogen and oxygen atoms in total. The van der Waals surface area contributed by atoms with E-state index >= 15 is 0 Å². The summed E-state index contributed by atoms with van der Waals surface area (Å²) in [6.45, 7) is 2.68. The van der Waals surface area contributed by atoms with E-state index in [0.717, 1.165) is 6.07 Å². The second-order valence-electron chi connectivity index (χ2n) is 5.74. The molecule has 0 unspecified atom stereocenters. The molecule has 11 heteroatoms. The van der Waals surface area contributed by atoms with Gasteiger partial charge in [-0.15, -0.1) is 0 Å². The van der Waals surface area contributed by atoms with Crippen LogP contribution in [0.3, 0.4) is 0 Å². The minimum absolute atomic E-state index is 0.0758. The first-order valence-electron chi connectivity index (χ1n) is 8.10. The molecule has 0 amide bonds. The molecule has 1 aliphatic rings. The lowest BCUT2D eigenvalue weighted by atomic mass is 10.3. The van der Waals surface area contributed by atoms with Crippen molar-refractivity contribution < 1.29 is 22.5 Å². The Morgan fingerprint density at radius 2 is 2.04 bits per heavy atom. The molecule has 1 aliphatic heterocycles. The summed E-state index contributed by atoms with van der Waals surface area (Å²) >= 11 is 0. The van der Waals surface area contributed by atoms with E-state index in [4.69, 9.17) is 9.15 Å². The molecule has 27 heavy (non-hydrogen) atoms. The molecule has 2 heterocycles. The molecule has 2 aromatic rings. The van der Waals surface area contributed by atoms with Crippen molar-refractivity contribution >= 4 is 27.1 Å². The quantitative estimate of drug-likeness (QED) is 0.451. The molecule has 3 rings (SSSR count). The number of benzene rings is 1. The molecule has 1 fully saturated rings. The van der Waals surface area contributed by atoms with Gasteiger partial charge in [0.15, 0.2) is 0 Å². The Bertz CT molecular complexity index is 949. The molecule has 0 spiro atoms. The van der Waals surface area contributed by atoms with Crippen molar-refractivity contribution in [1.29, 1.82) is 0 Å². The molecule has 1 saturated heterocycles. The Morgan fingerprint density at radius 1 is 1.30 bits per heavy atom. The van der Waals surface area contributed by atoms with Crippen molar-refractivity contribution in [1.82, 2.24) is 4.31 Å². The van der Waals surface area contributed by atoms with Crippen LogP contribution in [0.2, 0.25) is 0 Å². The molecular weight excluding hydrogens is 376 g/mol. The van der Waals surface area contributed by atoms with Crippen molar-refractivity contribution in [3.8, 4) is 0 Å². The fourth-order valence-electron chi connectivity index (χ4n) is 2.54. The summed E-state index contributed by atoms with van der Waals surface area (Å²) in [6, 6.07) is 7.07. The number of nitrogens with zero attached hydrogens (tertiary/aromatic N) is 3. The number of anilines is 1. The zero-order chi connectivity index (χ0) is 19.4. The van der Waals surface area contributed by atoms with Gasteiger partial charge in [0.25, 0.3) is 5.69 Å². The van der Waals surface area contributed by atoms with E-state index < -0.39 is 14.9 Å². The third kappa shape index (κ3) is 4.15. The fraction of sp³-hybridized carbons (Fsp3) is 0.312. The lowest BCUT2D eigenvalue weighted by Crippen LogP contribution is -2.40. The Morgan fingerprint density at radius 3 is 2.67 bits per heavy atom. The van der Waals surface area contributed by atoms with Gasteiger partial charge in [-0.3, -0.25) is 15.5 Å². The van der Waals surface area contributed by atoms with Crippen LogP contribution in [0, 0.1) is 10.1 Å². The minimum atomic E-state index is -3.83. The monoisotopic (exact) mass is 394 g/mol. The third-order valence-corrected chi connectivity index (χ3v) is 5.89. The highest BCUT2D eigenvalue weighted by molar-refractivity contribution is 7.89. The SMILES string of the molecule is CC(=NNc1ccc(S(=O)(=O)N2CCOCC2)cc1[N+](=O)[O-])c1ccco1. The summed E-state index contributed by atoms with van der Waals surface area (Å²) in [6.07, 6.45) is 1.49. The average Bonchev–Trinajstić information content (AvgIpc) is 3.21. The van der Waals surface area contributed by atoms with E-state index in [1.54, 1.807) is 19.1 Å². The molecule has 1 aromatic heterocycles. The van der Waals surface area contributed by atoms with Gasteiger partial charge >= 0.3 is 0 Å². The fourth-order valence-corrected chi connectivity index (χ4v) is 3.97. The van der Waals surface area contributed by atoms with Gasteiger partial charge in [0.2, 0.25) is 10.0 Å². The number of nitro benzene ring substituents is 1. The number of ether oxygens (including phenoxy) is 1. The zero-order valence-electron chi connectivity index (χ0n) is 14.5. The first-order valence-corrected chi connectivity index (χ1v) is 9.54. The van der Waals surface area contributed by atoms with Crippen molar-refractivity contribution in [2.24, 2.45) is 5.10 Å².